The summed E-state index contributed by atoms with van der Waals surface area (Å²) < 4.78 is 11.8. The number of carbonyl (C=O) groups excluding carboxylic acids is 1. The van der Waals surface area contributed by atoms with Crippen LogP contribution in [0, 0.1) is 13.8 Å². The Kier molecular flexibility index (Phi) is 11.0. The molecule has 1 aromatic heterocycles. The standard InChI is InChI=1S/C34H34ClN3O3.ClH/c1-25-3-5-28(6-4-25)24-40-32-14-15-33(36-22-32)41-31-13-9-29(26(2)21-31)10-16-34(39)38-19-17-37(18-20-38)23-27-7-11-30(35)12-8-27;/h3-16,21-22H,17-20,23-24H2,1-2H3;1H/b16-10+;. The van der Waals surface area contributed by atoms with Crippen molar-refractivity contribution in [1.82, 2.24) is 14.8 Å². The van der Waals surface area contributed by atoms with Crippen LogP contribution in [0.25, 0.3) is 6.08 Å². The lowest BCUT2D eigenvalue weighted by atomic mass is 10.1. The fraction of sp³-hybridized carbons (Fsp3) is 0.235. The molecule has 0 radical (unpaired) electrons. The molecule has 4 aromatic rings. The van der Waals surface area contributed by atoms with Crippen LogP contribution >= 0.6 is 24.0 Å². The van der Waals surface area contributed by atoms with Crippen LogP contribution < -0.4 is 9.47 Å². The highest BCUT2D eigenvalue weighted by Crippen LogP contribution is 2.25. The van der Waals surface area contributed by atoms with Crippen LogP contribution in [0.5, 0.6) is 17.4 Å². The highest BCUT2D eigenvalue weighted by Gasteiger charge is 2.19. The summed E-state index contributed by atoms with van der Waals surface area (Å²) in [5.74, 6) is 1.89. The molecule has 0 bridgehead atoms. The molecule has 0 saturated carbocycles. The number of hydrogen-bond acceptors (Lipinski definition) is 5. The second kappa shape index (κ2) is 14.9. The van der Waals surface area contributed by atoms with E-state index in [0.29, 0.717) is 37.1 Å². The summed E-state index contributed by atoms with van der Waals surface area (Å²) in [6, 6.07) is 25.6. The lowest BCUT2D eigenvalue weighted by Crippen LogP contribution is -2.47. The summed E-state index contributed by atoms with van der Waals surface area (Å²) >= 11 is 5.99. The van der Waals surface area contributed by atoms with Gasteiger partial charge in [-0.05, 0) is 72.5 Å². The van der Waals surface area contributed by atoms with Gasteiger partial charge in [0.1, 0.15) is 18.1 Å². The molecule has 0 atom stereocenters. The molecule has 1 aliphatic heterocycles. The maximum absolute atomic E-state index is 12.8. The summed E-state index contributed by atoms with van der Waals surface area (Å²) in [6.45, 7) is 8.54. The Hall–Kier alpha value is -3.84. The van der Waals surface area contributed by atoms with E-state index in [0.717, 1.165) is 41.3 Å². The van der Waals surface area contributed by atoms with Gasteiger partial charge >= 0.3 is 0 Å². The zero-order valence-corrected chi connectivity index (χ0v) is 25.4. The van der Waals surface area contributed by atoms with Gasteiger partial charge in [-0.15, -0.1) is 12.4 Å². The smallest absolute Gasteiger partial charge is 0.246 e. The van der Waals surface area contributed by atoms with E-state index in [1.54, 1.807) is 18.3 Å². The minimum absolute atomic E-state index is 0. The first-order valence-electron chi connectivity index (χ1n) is 13.8. The van der Waals surface area contributed by atoms with Gasteiger partial charge in [0.05, 0.1) is 6.20 Å². The SMILES string of the molecule is Cc1ccc(COc2ccc(Oc3ccc(/C=C/C(=O)N4CCN(Cc5ccc(Cl)cc5)CC4)c(C)c3)nc2)cc1.Cl. The summed E-state index contributed by atoms with van der Waals surface area (Å²) in [5.41, 5.74) is 5.54. The van der Waals surface area contributed by atoms with E-state index in [1.165, 1.54) is 11.1 Å². The zero-order valence-electron chi connectivity index (χ0n) is 23.8. The molecule has 0 unspecified atom stereocenters. The number of rotatable bonds is 9. The van der Waals surface area contributed by atoms with Crippen molar-refractivity contribution >= 4 is 36.0 Å². The van der Waals surface area contributed by atoms with Gasteiger partial charge in [-0.25, -0.2) is 4.98 Å². The van der Waals surface area contributed by atoms with E-state index in [-0.39, 0.29) is 18.3 Å². The molecule has 2 heterocycles. The van der Waals surface area contributed by atoms with E-state index < -0.39 is 0 Å². The van der Waals surface area contributed by atoms with E-state index in [2.05, 4.69) is 53.2 Å². The first kappa shape index (κ1) is 31.1. The van der Waals surface area contributed by atoms with Crippen LogP contribution in [0.15, 0.2) is 91.1 Å². The number of nitrogens with zero attached hydrogens (tertiary/aromatic N) is 3. The third-order valence-electron chi connectivity index (χ3n) is 7.11. The highest BCUT2D eigenvalue weighted by atomic mass is 35.5. The second-order valence-corrected chi connectivity index (χ2v) is 10.7. The molecule has 0 aliphatic carbocycles. The molecule has 1 saturated heterocycles. The molecule has 1 fully saturated rings. The fourth-order valence-corrected chi connectivity index (χ4v) is 4.75. The Morgan fingerprint density at radius 2 is 1.57 bits per heavy atom. The first-order chi connectivity index (χ1) is 19.9. The second-order valence-electron chi connectivity index (χ2n) is 10.3. The predicted octanol–water partition coefficient (Wildman–Crippen LogP) is 7.50. The van der Waals surface area contributed by atoms with Gasteiger partial charge in [-0.2, -0.15) is 0 Å². The van der Waals surface area contributed by atoms with Gasteiger partial charge in [0.2, 0.25) is 11.8 Å². The van der Waals surface area contributed by atoms with Crippen molar-refractivity contribution in [2.45, 2.75) is 27.0 Å². The molecular formula is C34H35Cl2N3O3. The van der Waals surface area contributed by atoms with Crippen molar-refractivity contribution in [3.05, 3.63) is 124 Å². The Labute approximate surface area is 259 Å². The maximum atomic E-state index is 12.8. The van der Waals surface area contributed by atoms with Crippen LogP contribution in [0.3, 0.4) is 0 Å². The van der Waals surface area contributed by atoms with Crippen molar-refractivity contribution in [3.8, 4) is 17.4 Å². The molecule has 1 amide bonds. The number of pyridine rings is 1. The van der Waals surface area contributed by atoms with E-state index in [9.17, 15) is 4.79 Å². The van der Waals surface area contributed by atoms with Crippen molar-refractivity contribution < 1.29 is 14.3 Å². The number of benzene rings is 3. The van der Waals surface area contributed by atoms with Crippen LogP contribution in [0.1, 0.15) is 27.8 Å². The number of piperazine rings is 1. The quantitative estimate of drug-likeness (QED) is 0.185. The van der Waals surface area contributed by atoms with Gasteiger partial charge in [-0.3, -0.25) is 9.69 Å². The molecule has 42 heavy (non-hydrogen) atoms. The Morgan fingerprint density at radius 1 is 0.881 bits per heavy atom. The van der Waals surface area contributed by atoms with E-state index in [4.69, 9.17) is 21.1 Å². The van der Waals surface area contributed by atoms with Crippen LogP contribution in [-0.2, 0) is 17.9 Å². The topological polar surface area (TPSA) is 54.9 Å². The van der Waals surface area contributed by atoms with Gasteiger partial charge in [0.25, 0.3) is 0 Å². The molecule has 6 nitrogen and oxygen atoms in total. The summed E-state index contributed by atoms with van der Waals surface area (Å²) in [5, 5.41) is 0.746. The van der Waals surface area contributed by atoms with E-state index >= 15 is 0 Å². The molecule has 5 rings (SSSR count). The number of halogens is 2. The fourth-order valence-electron chi connectivity index (χ4n) is 4.62. The summed E-state index contributed by atoms with van der Waals surface area (Å²) in [7, 11) is 0. The van der Waals surface area contributed by atoms with Crippen LogP contribution in [0.2, 0.25) is 5.02 Å². The highest BCUT2D eigenvalue weighted by molar-refractivity contribution is 6.30. The largest absolute Gasteiger partial charge is 0.487 e. The third-order valence-corrected chi connectivity index (χ3v) is 7.36. The lowest BCUT2D eigenvalue weighted by Gasteiger charge is -2.34. The molecule has 0 N–H and O–H groups in total. The number of aromatic nitrogens is 1. The molecule has 8 heteroatoms. The maximum Gasteiger partial charge on any atom is 0.246 e. The predicted molar refractivity (Wildman–Crippen MR) is 171 cm³/mol. The normalized spacial score (nSPS) is 13.5. The molecule has 218 valence electrons. The molecule has 3 aromatic carbocycles. The monoisotopic (exact) mass is 603 g/mol. The minimum atomic E-state index is 0. The minimum Gasteiger partial charge on any atom is -0.487 e. The Balaban J connectivity index is 0.00000405. The van der Waals surface area contributed by atoms with Crippen LogP contribution in [-0.4, -0.2) is 46.9 Å². The van der Waals surface area contributed by atoms with Gasteiger partial charge in [0.15, 0.2) is 0 Å². The average Bonchev–Trinajstić information content (AvgIpc) is 2.99. The van der Waals surface area contributed by atoms with Gasteiger partial charge in [0, 0.05) is 49.9 Å². The number of amides is 1. The van der Waals surface area contributed by atoms with Gasteiger partial charge < -0.3 is 14.4 Å². The molecule has 1 aliphatic rings. The summed E-state index contributed by atoms with van der Waals surface area (Å²) in [4.78, 5) is 21.5. The number of hydrogen-bond donors (Lipinski definition) is 0. The first-order valence-corrected chi connectivity index (χ1v) is 14.2. The lowest BCUT2D eigenvalue weighted by molar-refractivity contribution is -0.127. The van der Waals surface area contributed by atoms with Gasteiger partial charge in [-0.1, -0.05) is 59.6 Å². The average molecular weight is 605 g/mol. The number of aryl methyl sites for hydroxylation is 2. The van der Waals surface area contributed by atoms with Crippen molar-refractivity contribution in [2.75, 3.05) is 26.2 Å². The van der Waals surface area contributed by atoms with Crippen molar-refractivity contribution in [1.29, 1.82) is 0 Å². The Bertz CT molecular complexity index is 1480. The van der Waals surface area contributed by atoms with Crippen molar-refractivity contribution in [3.63, 3.8) is 0 Å². The zero-order chi connectivity index (χ0) is 28.6. The molecule has 0 spiro atoms. The number of ether oxygens (including phenoxy) is 2. The number of carbonyl (C=O) groups is 1. The van der Waals surface area contributed by atoms with E-state index in [1.807, 2.05) is 54.3 Å². The molecular weight excluding hydrogens is 569 g/mol. The summed E-state index contributed by atoms with van der Waals surface area (Å²) in [6.07, 6.45) is 5.20. The Morgan fingerprint density at radius 3 is 2.24 bits per heavy atom. The van der Waals surface area contributed by atoms with Crippen molar-refractivity contribution in [2.24, 2.45) is 0 Å². The third kappa shape index (κ3) is 8.83. The van der Waals surface area contributed by atoms with Crippen LogP contribution in [0.4, 0.5) is 0 Å².